The van der Waals surface area contributed by atoms with Crippen LogP contribution in [0.5, 0.6) is 0 Å². The SMILES string of the molecule is CC(c1ccccc1Cl)N(C)Cc1ccnc(CN)c1. The van der Waals surface area contributed by atoms with Crippen LogP contribution in [0.4, 0.5) is 0 Å². The van der Waals surface area contributed by atoms with Gasteiger partial charge in [-0.15, -0.1) is 0 Å². The molecule has 1 aromatic heterocycles. The molecule has 0 aliphatic heterocycles. The number of halogens is 1. The van der Waals surface area contributed by atoms with E-state index in [0.29, 0.717) is 6.54 Å². The first kappa shape index (κ1) is 15.0. The molecule has 0 radical (unpaired) electrons. The number of benzene rings is 1. The van der Waals surface area contributed by atoms with Gasteiger partial charge >= 0.3 is 0 Å². The first-order valence-electron chi connectivity index (χ1n) is 6.70. The molecular formula is C16H20ClN3. The lowest BCUT2D eigenvalue weighted by molar-refractivity contribution is 0.253. The Kier molecular flexibility index (Phi) is 5.12. The van der Waals surface area contributed by atoms with Crippen molar-refractivity contribution >= 4 is 11.6 Å². The molecule has 0 amide bonds. The molecule has 0 fully saturated rings. The van der Waals surface area contributed by atoms with Crippen molar-refractivity contribution in [2.75, 3.05) is 7.05 Å². The Hall–Kier alpha value is -1.42. The van der Waals surface area contributed by atoms with Gasteiger partial charge in [-0.25, -0.2) is 0 Å². The number of pyridine rings is 1. The highest BCUT2D eigenvalue weighted by Gasteiger charge is 2.14. The summed E-state index contributed by atoms with van der Waals surface area (Å²) >= 11 is 6.26. The summed E-state index contributed by atoms with van der Waals surface area (Å²) in [6.45, 7) is 3.46. The molecule has 2 aromatic rings. The van der Waals surface area contributed by atoms with Gasteiger partial charge in [-0.05, 0) is 43.3 Å². The summed E-state index contributed by atoms with van der Waals surface area (Å²) in [5.74, 6) is 0. The summed E-state index contributed by atoms with van der Waals surface area (Å²) < 4.78 is 0. The molecule has 20 heavy (non-hydrogen) atoms. The highest BCUT2D eigenvalue weighted by Crippen LogP contribution is 2.27. The van der Waals surface area contributed by atoms with E-state index < -0.39 is 0 Å². The Morgan fingerprint density at radius 1 is 1.30 bits per heavy atom. The van der Waals surface area contributed by atoms with Gasteiger partial charge < -0.3 is 5.73 Å². The van der Waals surface area contributed by atoms with Crippen molar-refractivity contribution in [3.05, 3.63) is 64.4 Å². The molecule has 0 aliphatic rings. The zero-order valence-electron chi connectivity index (χ0n) is 11.9. The summed E-state index contributed by atoms with van der Waals surface area (Å²) in [6, 6.07) is 12.3. The van der Waals surface area contributed by atoms with Crippen LogP contribution < -0.4 is 5.73 Å². The standard InChI is InChI=1S/C16H20ClN3/c1-12(15-5-3-4-6-16(15)17)20(2)11-13-7-8-19-14(9-13)10-18/h3-9,12H,10-11,18H2,1-2H3. The van der Waals surface area contributed by atoms with Crippen LogP contribution in [0.3, 0.4) is 0 Å². The Labute approximate surface area is 125 Å². The molecule has 0 spiro atoms. The van der Waals surface area contributed by atoms with E-state index in [0.717, 1.165) is 22.8 Å². The largest absolute Gasteiger partial charge is 0.325 e. The lowest BCUT2D eigenvalue weighted by Gasteiger charge is -2.26. The zero-order valence-corrected chi connectivity index (χ0v) is 12.6. The van der Waals surface area contributed by atoms with Crippen LogP contribution in [0, 0.1) is 0 Å². The summed E-state index contributed by atoms with van der Waals surface area (Å²) in [5.41, 5.74) is 8.90. The van der Waals surface area contributed by atoms with Crippen LogP contribution in [0.2, 0.25) is 5.02 Å². The molecule has 2 N–H and O–H groups in total. The molecule has 1 aromatic carbocycles. The van der Waals surface area contributed by atoms with E-state index in [4.69, 9.17) is 17.3 Å². The quantitative estimate of drug-likeness (QED) is 0.917. The fraction of sp³-hybridized carbons (Fsp3) is 0.312. The fourth-order valence-electron chi connectivity index (χ4n) is 2.21. The van der Waals surface area contributed by atoms with Gasteiger partial charge in [-0.2, -0.15) is 0 Å². The number of nitrogens with zero attached hydrogens (tertiary/aromatic N) is 2. The molecule has 0 aliphatic carbocycles. The van der Waals surface area contributed by atoms with Crippen LogP contribution in [0.25, 0.3) is 0 Å². The Bertz CT molecular complexity index is 571. The molecule has 0 bridgehead atoms. The topological polar surface area (TPSA) is 42.2 Å². The van der Waals surface area contributed by atoms with Crippen molar-refractivity contribution in [1.29, 1.82) is 0 Å². The predicted octanol–water partition coefficient (Wildman–Crippen LogP) is 3.39. The second-order valence-electron chi connectivity index (χ2n) is 4.97. The molecule has 0 saturated carbocycles. The maximum Gasteiger partial charge on any atom is 0.0542 e. The van der Waals surface area contributed by atoms with E-state index in [2.05, 4.69) is 36.0 Å². The second kappa shape index (κ2) is 6.84. The van der Waals surface area contributed by atoms with Gasteiger partial charge in [0.1, 0.15) is 0 Å². The molecule has 2 rings (SSSR count). The average molecular weight is 290 g/mol. The first-order chi connectivity index (χ1) is 9.61. The molecular weight excluding hydrogens is 270 g/mol. The van der Waals surface area contributed by atoms with Crippen molar-refractivity contribution in [2.45, 2.75) is 26.1 Å². The second-order valence-corrected chi connectivity index (χ2v) is 5.38. The third-order valence-electron chi connectivity index (χ3n) is 3.54. The minimum atomic E-state index is 0.248. The van der Waals surface area contributed by atoms with Gasteiger partial charge in [0.05, 0.1) is 5.69 Å². The molecule has 4 heteroatoms. The molecule has 0 saturated heterocycles. The molecule has 3 nitrogen and oxygen atoms in total. The molecule has 1 atom stereocenters. The smallest absolute Gasteiger partial charge is 0.0542 e. The highest BCUT2D eigenvalue weighted by molar-refractivity contribution is 6.31. The maximum atomic E-state index is 6.26. The number of hydrogen-bond acceptors (Lipinski definition) is 3. The third kappa shape index (κ3) is 3.57. The van der Waals surface area contributed by atoms with Crippen LogP contribution in [-0.2, 0) is 13.1 Å². The average Bonchev–Trinajstić information content (AvgIpc) is 2.47. The van der Waals surface area contributed by atoms with Crippen molar-refractivity contribution in [1.82, 2.24) is 9.88 Å². The van der Waals surface area contributed by atoms with Crippen molar-refractivity contribution in [3.8, 4) is 0 Å². The number of aromatic nitrogens is 1. The fourth-order valence-corrected chi connectivity index (χ4v) is 2.51. The molecule has 1 heterocycles. The third-order valence-corrected chi connectivity index (χ3v) is 3.88. The van der Waals surface area contributed by atoms with Crippen LogP contribution in [-0.4, -0.2) is 16.9 Å². The van der Waals surface area contributed by atoms with E-state index in [1.165, 1.54) is 5.56 Å². The van der Waals surface area contributed by atoms with Crippen molar-refractivity contribution in [3.63, 3.8) is 0 Å². The van der Waals surface area contributed by atoms with Crippen LogP contribution in [0.1, 0.15) is 29.8 Å². The van der Waals surface area contributed by atoms with Crippen molar-refractivity contribution in [2.24, 2.45) is 5.73 Å². The number of rotatable bonds is 5. The first-order valence-corrected chi connectivity index (χ1v) is 7.08. The summed E-state index contributed by atoms with van der Waals surface area (Å²) in [7, 11) is 2.09. The van der Waals surface area contributed by atoms with Gasteiger partial charge in [0.2, 0.25) is 0 Å². The van der Waals surface area contributed by atoms with Crippen LogP contribution in [0.15, 0.2) is 42.6 Å². The molecule has 1 unspecified atom stereocenters. The van der Waals surface area contributed by atoms with E-state index in [-0.39, 0.29) is 6.04 Å². The van der Waals surface area contributed by atoms with Gasteiger partial charge in [-0.3, -0.25) is 9.88 Å². The summed E-state index contributed by atoms with van der Waals surface area (Å²) in [5, 5.41) is 0.809. The Balaban J connectivity index is 2.11. The van der Waals surface area contributed by atoms with Gasteiger partial charge in [0.15, 0.2) is 0 Å². The lowest BCUT2D eigenvalue weighted by Crippen LogP contribution is -2.22. The summed E-state index contributed by atoms with van der Waals surface area (Å²) in [4.78, 5) is 6.48. The van der Waals surface area contributed by atoms with E-state index in [1.807, 2.05) is 30.5 Å². The van der Waals surface area contributed by atoms with Crippen molar-refractivity contribution < 1.29 is 0 Å². The Morgan fingerprint density at radius 2 is 2.05 bits per heavy atom. The molecule has 106 valence electrons. The van der Waals surface area contributed by atoms with Gasteiger partial charge in [0, 0.05) is 30.4 Å². The minimum absolute atomic E-state index is 0.248. The van der Waals surface area contributed by atoms with E-state index in [1.54, 1.807) is 0 Å². The monoisotopic (exact) mass is 289 g/mol. The van der Waals surface area contributed by atoms with Gasteiger partial charge in [-0.1, -0.05) is 29.8 Å². The predicted molar refractivity (Wildman–Crippen MR) is 83.5 cm³/mol. The summed E-state index contributed by atoms with van der Waals surface area (Å²) in [6.07, 6.45) is 1.81. The van der Waals surface area contributed by atoms with E-state index in [9.17, 15) is 0 Å². The normalized spacial score (nSPS) is 12.7. The lowest BCUT2D eigenvalue weighted by atomic mass is 10.1. The zero-order chi connectivity index (χ0) is 14.5. The maximum absolute atomic E-state index is 6.26. The Morgan fingerprint density at radius 3 is 2.75 bits per heavy atom. The number of nitrogens with two attached hydrogens (primary N) is 1. The van der Waals surface area contributed by atoms with Gasteiger partial charge in [0.25, 0.3) is 0 Å². The van der Waals surface area contributed by atoms with Crippen LogP contribution >= 0.6 is 11.6 Å². The highest BCUT2D eigenvalue weighted by atomic mass is 35.5. The van der Waals surface area contributed by atoms with E-state index >= 15 is 0 Å². The number of hydrogen-bond donors (Lipinski definition) is 1. The minimum Gasteiger partial charge on any atom is -0.325 e.